The van der Waals surface area contributed by atoms with Gasteiger partial charge in [0, 0.05) is 25.6 Å². The Morgan fingerprint density at radius 2 is 1.70 bits per heavy atom. The molecule has 1 amide bonds. The minimum absolute atomic E-state index is 0.0701. The number of carbonyl (C=O) groups is 2. The molecule has 0 radical (unpaired) electrons. The maximum Gasteiger partial charge on any atom is 0.326 e. The second-order valence-corrected chi connectivity index (χ2v) is 7.49. The van der Waals surface area contributed by atoms with E-state index in [1.54, 1.807) is 11.8 Å². The van der Waals surface area contributed by atoms with E-state index in [1.165, 1.54) is 0 Å². The molecule has 5 heteroatoms. The lowest BCUT2D eigenvalue weighted by Gasteiger charge is -2.39. The predicted octanol–water partition coefficient (Wildman–Crippen LogP) is 3.27. The third kappa shape index (κ3) is 5.28. The van der Waals surface area contributed by atoms with Crippen LogP contribution in [0.2, 0.25) is 0 Å². The first-order valence-electron chi connectivity index (χ1n) is 10.4. The summed E-state index contributed by atoms with van der Waals surface area (Å²) in [4.78, 5) is 27.2. The normalized spacial score (nSPS) is 18.5. The number of nitrogens with zero attached hydrogens (tertiary/aromatic N) is 1. The molecule has 0 spiro atoms. The molecule has 5 nitrogen and oxygen atoms in total. The van der Waals surface area contributed by atoms with Gasteiger partial charge < -0.3 is 15.3 Å². The topological polar surface area (TPSA) is 69.6 Å². The number of aliphatic carboxylic acids is 1. The van der Waals surface area contributed by atoms with Crippen LogP contribution in [0, 0.1) is 11.8 Å². The minimum atomic E-state index is -0.955. The Hall–Kier alpha value is -3.10. The summed E-state index contributed by atoms with van der Waals surface area (Å²) >= 11 is 0. The first-order chi connectivity index (χ1) is 14.6. The van der Waals surface area contributed by atoms with Gasteiger partial charge in [0.15, 0.2) is 0 Å². The maximum atomic E-state index is 13.6. The second kappa shape index (κ2) is 10.6. The lowest BCUT2D eigenvalue weighted by molar-refractivity contribution is -0.152. The van der Waals surface area contributed by atoms with Gasteiger partial charge in [-0.15, -0.1) is 11.8 Å². The molecule has 156 valence electrons. The second-order valence-electron chi connectivity index (χ2n) is 7.49. The lowest BCUT2D eigenvalue weighted by atomic mass is 9.87. The molecule has 1 aliphatic heterocycles. The van der Waals surface area contributed by atoms with Gasteiger partial charge in [-0.2, -0.15) is 0 Å². The van der Waals surface area contributed by atoms with E-state index in [0.29, 0.717) is 13.0 Å². The number of rotatable bonds is 7. The van der Waals surface area contributed by atoms with Crippen LogP contribution in [-0.4, -0.2) is 47.1 Å². The van der Waals surface area contributed by atoms with Crippen LogP contribution in [0.15, 0.2) is 60.7 Å². The van der Waals surface area contributed by atoms with Crippen molar-refractivity contribution in [2.24, 2.45) is 0 Å². The van der Waals surface area contributed by atoms with Crippen molar-refractivity contribution in [2.45, 2.75) is 44.2 Å². The van der Waals surface area contributed by atoms with E-state index >= 15 is 0 Å². The van der Waals surface area contributed by atoms with E-state index in [0.717, 1.165) is 30.5 Å². The maximum absolute atomic E-state index is 13.6. The predicted molar refractivity (Wildman–Crippen MR) is 117 cm³/mol. The zero-order chi connectivity index (χ0) is 21.3. The molecule has 2 aromatic carbocycles. The summed E-state index contributed by atoms with van der Waals surface area (Å²) in [6.45, 7) is 2.95. The van der Waals surface area contributed by atoms with Gasteiger partial charge in [0.2, 0.25) is 5.91 Å². The number of amides is 1. The number of benzene rings is 2. The van der Waals surface area contributed by atoms with E-state index in [-0.39, 0.29) is 11.9 Å². The molecule has 0 unspecified atom stereocenters. The van der Waals surface area contributed by atoms with Gasteiger partial charge in [0.1, 0.15) is 6.04 Å². The van der Waals surface area contributed by atoms with Crippen molar-refractivity contribution in [1.29, 1.82) is 0 Å². The molecule has 30 heavy (non-hydrogen) atoms. The van der Waals surface area contributed by atoms with Gasteiger partial charge in [0.25, 0.3) is 0 Å². The van der Waals surface area contributed by atoms with Crippen LogP contribution < -0.4 is 5.32 Å². The average molecular weight is 405 g/mol. The van der Waals surface area contributed by atoms with Crippen LogP contribution in [0.3, 0.4) is 0 Å². The van der Waals surface area contributed by atoms with Crippen LogP contribution in [0.4, 0.5) is 0 Å². The Balaban J connectivity index is 1.81. The summed E-state index contributed by atoms with van der Waals surface area (Å²) in [5, 5.41) is 13.3. The summed E-state index contributed by atoms with van der Waals surface area (Å²) in [7, 11) is 0. The molecule has 1 fully saturated rings. The Labute approximate surface area is 178 Å². The van der Waals surface area contributed by atoms with Gasteiger partial charge >= 0.3 is 5.97 Å². The van der Waals surface area contributed by atoms with Gasteiger partial charge in [0.05, 0.1) is 5.92 Å². The summed E-state index contributed by atoms with van der Waals surface area (Å²) in [6, 6.07) is 18.4. The number of hydrogen-bond acceptors (Lipinski definition) is 3. The minimum Gasteiger partial charge on any atom is -0.480 e. The highest BCUT2D eigenvalue weighted by Crippen LogP contribution is 2.30. The van der Waals surface area contributed by atoms with Crippen LogP contribution in [0.25, 0.3) is 0 Å². The standard InChI is InChI=1S/C25H28N2O3/c1-2-3-10-16-26-21-15-17-27(22(18-21)25(29)30)24(28)23(19-11-6-4-7-12-19)20-13-8-5-9-14-20/h4-9,11-14,21-23,26H,10,15-18H2,1H3,(H,29,30)/t21-,22-/m0/s1. The molecule has 0 saturated carbocycles. The van der Waals surface area contributed by atoms with Crippen molar-refractivity contribution < 1.29 is 14.7 Å². The fraction of sp³-hybridized carbons (Fsp3) is 0.360. The summed E-state index contributed by atoms with van der Waals surface area (Å²) in [5.41, 5.74) is 1.74. The molecule has 3 rings (SSSR count). The van der Waals surface area contributed by atoms with E-state index in [1.807, 2.05) is 60.7 Å². The molecule has 2 N–H and O–H groups in total. The Bertz CT molecular complexity index is 863. The highest BCUT2D eigenvalue weighted by Gasteiger charge is 2.39. The number of hydrogen-bond donors (Lipinski definition) is 2. The van der Waals surface area contributed by atoms with E-state index in [9.17, 15) is 14.7 Å². The summed E-state index contributed by atoms with van der Waals surface area (Å²) in [5.74, 6) is 4.24. The van der Waals surface area contributed by atoms with Crippen LogP contribution in [0.5, 0.6) is 0 Å². The number of nitrogens with one attached hydrogen (secondary N) is 1. The Morgan fingerprint density at radius 1 is 1.10 bits per heavy atom. The van der Waals surface area contributed by atoms with Crippen molar-refractivity contribution in [2.75, 3.05) is 13.1 Å². The van der Waals surface area contributed by atoms with Gasteiger partial charge in [-0.3, -0.25) is 4.79 Å². The number of likely N-dealkylation sites (tertiary alicyclic amines) is 1. The molecule has 0 aromatic heterocycles. The number of carbonyl (C=O) groups excluding carboxylic acids is 1. The first kappa shape index (κ1) is 21.6. The molecule has 0 aliphatic carbocycles. The van der Waals surface area contributed by atoms with Gasteiger partial charge in [-0.1, -0.05) is 60.7 Å². The highest BCUT2D eigenvalue weighted by atomic mass is 16.4. The average Bonchev–Trinajstić information content (AvgIpc) is 2.78. The monoisotopic (exact) mass is 404 g/mol. The van der Waals surface area contributed by atoms with Crippen molar-refractivity contribution >= 4 is 11.9 Å². The molecule has 2 aromatic rings. The van der Waals surface area contributed by atoms with Crippen LogP contribution in [0.1, 0.15) is 43.2 Å². The molecule has 2 atom stereocenters. The third-order valence-electron chi connectivity index (χ3n) is 5.54. The molecular formula is C25H28N2O3. The van der Waals surface area contributed by atoms with Crippen LogP contribution >= 0.6 is 0 Å². The van der Waals surface area contributed by atoms with Gasteiger partial charge in [-0.25, -0.2) is 4.79 Å². The smallest absolute Gasteiger partial charge is 0.326 e. The number of carboxylic acids is 1. The van der Waals surface area contributed by atoms with E-state index in [4.69, 9.17) is 0 Å². The summed E-state index contributed by atoms with van der Waals surface area (Å²) < 4.78 is 0. The Morgan fingerprint density at radius 3 is 2.23 bits per heavy atom. The first-order valence-corrected chi connectivity index (χ1v) is 10.4. The van der Waals surface area contributed by atoms with E-state index < -0.39 is 17.9 Å². The third-order valence-corrected chi connectivity index (χ3v) is 5.54. The SMILES string of the molecule is CC#CCCN[C@H]1CCN(C(=O)C(c2ccccc2)c2ccccc2)[C@H](C(=O)O)C1. The van der Waals surface area contributed by atoms with Crippen molar-refractivity contribution in [1.82, 2.24) is 10.2 Å². The number of carboxylic acid groups (broad SMARTS) is 1. The zero-order valence-electron chi connectivity index (χ0n) is 17.3. The largest absolute Gasteiger partial charge is 0.480 e. The zero-order valence-corrected chi connectivity index (χ0v) is 17.3. The van der Waals surface area contributed by atoms with Crippen molar-refractivity contribution in [3.8, 4) is 11.8 Å². The molecular weight excluding hydrogens is 376 g/mol. The molecule has 1 saturated heterocycles. The van der Waals surface area contributed by atoms with E-state index in [2.05, 4.69) is 17.2 Å². The number of piperidine rings is 1. The molecule has 0 bridgehead atoms. The quantitative estimate of drug-likeness (QED) is 0.549. The van der Waals surface area contributed by atoms with Crippen molar-refractivity contribution in [3.63, 3.8) is 0 Å². The molecule has 1 aliphatic rings. The molecule has 1 heterocycles. The lowest BCUT2D eigenvalue weighted by Crippen LogP contribution is -2.55. The van der Waals surface area contributed by atoms with Gasteiger partial charge in [-0.05, 0) is 30.9 Å². The fourth-order valence-electron chi connectivity index (χ4n) is 4.05. The highest BCUT2D eigenvalue weighted by molar-refractivity contribution is 5.91. The fourth-order valence-corrected chi connectivity index (χ4v) is 4.05. The summed E-state index contributed by atoms with van der Waals surface area (Å²) in [6.07, 6.45) is 1.86. The Kier molecular flexibility index (Phi) is 7.64. The van der Waals surface area contributed by atoms with Crippen molar-refractivity contribution in [3.05, 3.63) is 71.8 Å². The van der Waals surface area contributed by atoms with Crippen LogP contribution in [-0.2, 0) is 9.59 Å².